The monoisotopic (exact) mass is 411 g/mol. The van der Waals surface area contributed by atoms with E-state index in [0.29, 0.717) is 18.8 Å². The molecule has 2 rings (SSSR count). The molecule has 1 aromatic rings. The van der Waals surface area contributed by atoms with Crippen LogP contribution in [0.3, 0.4) is 0 Å². The minimum Gasteiger partial charge on any atom is -0.496 e. The zero-order valence-electron chi connectivity index (χ0n) is 11.7. The van der Waals surface area contributed by atoms with Gasteiger partial charge in [-0.05, 0) is 48.6 Å². The highest BCUT2D eigenvalue weighted by Gasteiger charge is 2.32. The van der Waals surface area contributed by atoms with Crippen molar-refractivity contribution in [2.24, 2.45) is 0 Å². The molecule has 7 heteroatoms. The van der Waals surface area contributed by atoms with Gasteiger partial charge >= 0.3 is 0 Å². The number of benzene rings is 1. The molecule has 0 saturated carbocycles. The van der Waals surface area contributed by atoms with E-state index in [0.717, 1.165) is 3.57 Å². The Balaban J connectivity index is 2.34. The first-order valence-corrected chi connectivity index (χ1v) is 8.85. The molecule has 0 radical (unpaired) electrons. The van der Waals surface area contributed by atoms with Crippen molar-refractivity contribution in [2.45, 2.75) is 31.0 Å². The number of hydrogen-bond acceptors (Lipinski definition) is 4. The Bertz CT molecular complexity index is 580. The van der Waals surface area contributed by atoms with Crippen molar-refractivity contribution >= 4 is 32.6 Å². The van der Waals surface area contributed by atoms with Gasteiger partial charge in [0, 0.05) is 19.2 Å². The predicted octanol–water partition coefficient (Wildman–Crippen LogP) is 2.10. The fraction of sp³-hybridized carbons (Fsp3) is 0.538. The van der Waals surface area contributed by atoms with Crippen LogP contribution in [0.25, 0.3) is 0 Å². The molecule has 1 heterocycles. The molecule has 0 spiro atoms. The van der Waals surface area contributed by atoms with E-state index in [1.807, 2.05) is 13.8 Å². The maximum atomic E-state index is 12.7. The summed E-state index contributed by atoms with van der Waals surface area (Å²) in [5.74, 6) is 0.570. The molecule has 0 aliphatic carbocycles. The van der Waals surface area contributed by atoms with Crippen LogP contribution >= 0.6 is 22.6 Å². The summed E-state index contributed by atoms with van der Waals surface area (Å²) in [7, 11) is -1.97. The molecule has 20 heavy (non-hydrogen) atoms. The third kappa shape index (κ3) is 3.26. The minimum atomic E-state index is -3.51. The molecule has 0 unspecified atom stereocenters. The van der Waals surface area contributed by atoms with Crippen LogP contribution < -0.4 is 4.74 Å². The average Bonchev–Trinajstić information content (AvgIpc) is 2.37. The number of rotatable bonds is 3. The molecule has 5 nitrogen and oxygen atoms in total. The number of halogens is 1. The van der Waals surface area contributed by atoms with Crippen LogP contribution in [-0.2, 0) is 14.8 Å². The quantitative estimate of drug-likeness (QED) is 0.715. The van der Waals surface area contributed by atoms with Gasteiger partial charge in [0.05, 0.1) is 27.8 Å². The third-order valence-electron chi connectivity index (χ3n) is 3.15. The summed E-state index contributed by atoms with van der Waals surface area (Å²) in [5.41, 5.74) is 0. The lowest BCUT2D eigenvalue weighted by Crippen LogP contribution is -2.48. The van der Waals surface area contributed by atoms with Gasteiger partial charge in [-0.15, -0.1) is 0 Å². The number of nitrogens with zero attached hydrogens (tertiary/aromatic N) is 1. The van der Waals surface area contributed by atoms with Crippen molar-refractivity contribution in [3.63, 3.8) is 0 Å². The smallest absolute Gasteiger partial charge is 0.243 e. The van der Waals surface area contributed by atoms with Crippen LogP contribution in [0.1, 0.15) is 13.8 Å². The largest absolute Gasteiger partial charge is 0.496 e. The first kappa shape index (κ1) is 16.0. The second-order valence-electron chi connectivity index (χ2n) is 4.88. The molecule has 0 bridgehead atoms. The second-order valence-corrected chi connectivity index (χ2v) is 7.98. The Hall–Kier alpha value is -0.380. The molecule has 0 aromatic heterocycles. The van der Waals surface area contributed by atoms with Crippen LogP contribution in [-0.4, -0.2) is 45.1 Å². The average molecular weight is 411 g/mol. The molecule has 1 saturated heterocycles. The summed E-state index contributed by atoms with van der Waals surface area (Å²) < 4.78 is 38.5. The molecule has 2 atom stereocenters. The van der Waals surface area contributed by atoms with Crippen molar-refractivity contribution < 1.29 is 17.9 Å². The summed E-state index contributed by atoms with van der Waals surface area (Å²) >= 11 is 2.11. The lowest BCUT2D eigenvalue weighted by atomic mass is 10.3. The number of ether oxygens (including phenoxy) is 2. The van der Waals surface area contributed by atoms with Crippen molar-refractivity contribution in [3.8, 4) is 5.75 Å². The molecule has 1 aromatic carbocycles. The standard InChI is InChI=1S/C13H18INO4S/c1-9-7-15(8-10(2)19-9)20(16,17)11-4-5-12(14)13(6-11)18-3/h4-6,9-10H,7-8H2,1-3H3/t9-,10+. The van der Waals surface area contributed by atoms with E-state index in [1.54, 1.807) is 18.2 Å². The fourth-order valence-corrected chi connectivity index (χ4v) is 4.44. The summed E-state index contributed by atoms with van der Waals surface area (Å²) in [6.07, 6.45) is -0.196. The van der Waals surface area contributed by atoms with E-state index in [1.165, 1.54) is 11.4 Å². The highest BCUT2D eigenvalue weighted by atomic mass is 127. The summed E-state index contributed by atoms with van der Waals surface area (Å²) in [6, 6.07) is 4.94. The zero-order valence-corrected chi connectivity index (χ0v) is 14.6. The lowest BCUT2D eigenvalue weighted by Gasteiger charge is -2.34. The van der Waals surface area contributed by atoms with Crippen LogP contribution in [0, 0.1) is 3.57 Å². The van der Waals surface area contributed by atoms with Crippen molar-refractivity contribution in [2.75, 3.05) is 20.2 Å². The zero-order chi connectivity index (χ0) is 14.9. The minimum absolute atomic E-state index is 0.0979. The highest BCUT2D eigenvalue weighted by molar-refractivity contribution is 14.1. The molecular formula is C13H18INO4S. The molecule has 112 valence electrons. The van der Waals surface area contributed by atoms with Gasteiger partial charge in [0.1, 0.15) is 5.75 Å². The molecule has 0 amide bonds. The first-order valence-electron chi connectivity index (χ1n) is 6.33. The van der Waals surface area contributed by atoms with Crippen LogP contribution in [0.2, 0.25) is 0 Å². The van der Waals surface area contributed by atoms with Crippen LogP contribution in [0.4, 0.5) is 0 Å². The maximum absolute atomic E-state index is 12.7. The Morgan fingerprint density at radius 1 is 1.30 bits per heavy atom. The maximum Gasteiger partial charge on any atom is 0.243 e. The lowest BCUT2D eigenvalue weighted by molar-refractivity contribution is -0.0440. The molecule has 1 fully saturated rings. The van der Waals surface area contributed by atoms with E-state index in [2.05, 4.69) is 22.6 Å². The van der Waals surface area contributed by atoms with E-state index >= 15 is 0 Å². The van der Waals surface area contributed by atoms with E-state index < -0.39 is 10.0 Å². The SMILES string of the molecule is COc1cc(S(=O)(=O)N2C[C@@H](C)O[C@@H](C)C2)ccc1I. The number of sulfonamides is 1. The van der Waals surface area contributed by atoms with Gasteiger partial charge in [-0.2, -0.15) is 4.31 Å². The van der Waals surface area contributed by atoms with Gasteiger partial charge in [0.2, 0.25) is 10.0 Å². The van der Waals surface area contributed by atoms with Crippen LogP contribution in [0.5, 0.6) is 5.75 Å². The second kappa shape index (κ2) is 6.17. The normalized spacial score (nSPS) is 24.6. The van der Waals surface area contributed by atoms with Crippen molar-refractivity contribution in [1.29, 1.82) is 0 Å². The molecule has 0 N–H and O–H groups in total. The van der Waals surface area contributed by atoms with Gasteiger partial charge in [-0.1, -0.05) is 0 Å². The fourth-order valence-electron chi connectivity index (χ4n) is 2.28. The number of methoxy groups -OCH3 is 1. The number of hydrogen-bond donors (Lipinski definition) is 0. The summed E-state index contributed by atoms with van der Waals surface area (Å²) in [4.78, 5) is 0.260. The van der Waals surface area contributed by atoms with E-state index in [-0.39, 0.29) is 17.1 Å². The van der Waals surface area contributed by atoms with Gasteiger partial charge in [-0.25, -0.2) is 8.42 Å². The van der Waals surface area contributed by atoms with Crippen molar-refractivity contribution in [1.82, 2.24) is 4.31 Å². The topological polar surface area (TPSA) is 55.8 Å². The van der Waals surface area contributed by atoms with Gasteiger partial charge in [0.25, 0.3) is 0 Å². The molecule has 1 aliphatic rings. The summed E-state index contributed by atoms with van der Waals surface area (Å²) in [6.45, 7) is 4.52. The third-order valence-corrected chi connectivity index (χ3v) is 5.87. The van der Waals surface area contributed by atoms with Crippen LogP contribution in [0.15, 0.2) is 23.1 Å². The number of morpholine rings is 1. The van der Waals surface area contributed by atoms with Gasteiger partial charge < -0.3 is 9.47 Å². The summed E-state index contributed by atoms with van der Waals surface area (Å²) in [5, 5.41) is 0. The molecule has 1 aliphatic heterocycles. The Morgan fingerprint density at radius 2 is 1.90 bits per heavy atom. The first-order chi connectivity index (χ1) is 9.34. The predicted molar refractivity (Wildman–Crippen MR) is 84.5 cm³/mol. The Labute approximate surface area is 133 Å². The van der Waals surface area contributed by atoms with E-state index in [4.69, 9.17) is 9.47 Å². The van der Waals surface area contributed by atoms with E-state index in [9.17, 15) is 8.42 Å². The van der Waals surface area contributed by atoms with Gasteiger partial charge in [0.15, 0.2) is 0 Å². The molecular weight excluding hydrogens is 393 g/mol. The Morgan fingerprint density at radius 3 is 2.45 bits per heavy atom. The Kier molecular flexibility index (Phi) is 4.93. The highest BCUT2D eigenvalue weighted by Crippen LogP contribution is 2.27. The van der Waals surface area contributed by atoms with Crippen molar-refractivity contribution in [3.05, 3.63) is 21.8 Å². The van der Waals surface area contributed by atoms with Gasteiger partial charge in [-0.3, -0.25) is 0 Å².